The van der Waals surface area contributed by atoms with Crippen LogP contribution in [-0.4, -0.2) is 52.8 Å². The van der Waals surface area contributed by atoms with Crippen molar-refractivity contribution >= 4 is 11.6 Å². The third-order valence-corrected chi connectivity index (χ3v) is 4.63. The number of aryl methyl sites for hydroxylation is 1. The summed E-state index contributed by atoms with van der Waals surface area (Å²) in [5.74, 6) is 0.622. The molecular weight excluding hydrogens is 318 g/mol. The molecule has 0 radical (unpaired) electrons. The number of H-pyrrole nitrogens is 1. The predicted octanol–water partition coefficient (Wildman–Crippen LogP) is 0.518. The van der Waals surface area contributed by atoms with Gasteiger partial charge in [-0.2, -0.15) is 0 Å². The largest absolute Gasteiger partial charge is 0.399 e. The molecule has 1 fully saturated rings. The molecule has 4 N–H and O–H groups in total. The van der Waals surface area contributed by atoms with Gasteiger partial charge in [0, 0.05) is 57.0 Å². The first-order valence-corrected chi connectivity index (χ1v) is 8.59. The summed E-state index contributed by atoms with van der Waals surface area (Å²) in [6.07, 6.45) is 0.337. The van der Waals surface area contributed by atoms with Crippen molar-refractivity contribution in [3.05, 3.63) is 51.4 Å². The van der Waals surface area contributed by atoms with Crippen LogP contribution >= 0.6 is 0 Å². The van der Waals surface area contributed by atoms with Gasteiger partial charge in [-0.25, -0.2) is 4.98 Å². The lowest BCUT2D eigenvalue weighted by atomic mass is 10.2. The lowest BCUT2D eigenvalue weighted by Gasteiger charge is -2.35. The summed E-state index contributed by atoms with van der Waals surface area (Å²) < 4.78 is 0. The molecule has 134 valence electrons. The van der Waals surface area contributed by atoms with Crippen molar-refractivity contribution in [1.82, 2.24) is 14.9 Å². The summed E-state index contributed by atoms with van der Waals surface area (Å²) in [5, 5.41) is 9.05. The first-order chi connectivity index (χ1) is 12.1. The minimum absolute atomic E-state index is 0.0469. The highest BCUT2D eigenvalue weighted by Gasteiger charge is 2.20. The monoisotopic (exact) mass is 343 g/mol. The van der Waals surface area contributed by atoms with Crippen LogP contribution in [0.3, 0.4) is 0 Å². The fourth-order valence-electron chi connectivity index (χ4n) is 3.15. The van der Waals surface area contributed by atoms with Crippen molar-refractivity contribution in [3.63, 3.8) is 0 Å². The molecule has 0 bridgehead atoms. The quantitative estimate of drug-likeness (QED) is 0.685. The van der Waals surface area contributed by atoms with Crippen molar-refractivity contribution in [2.45, 2.75) is 19.9 Å². The molecule has 25 heavy (non-hydrogen) atoms. The number of hydrogen-bond acceptors (Lipinski definition) is 6. The summed E-state index contributed by atoms with van der Waals surface area (Å²) in [4.78, 5) is 24.0. The number of aliphatic hydroxyl groups excluding tert-OH is 1. The number of nitrogens with zero attached hydrogens (tertiary/aromatic N) is 3. The zero-order chi connectivity index (χ0) is 17.8. The van der Waals surface area contributed by atoms with Gasteiger partial charge in [0.05, 0.1) is 5.69 Å². The molecule has 1 aliphatic rings. The normalized spacial score (nSPS) is 15.5. The molecule has 0 atom stereocenters. The van der Waals surface area contributed by atoms with Crippen molar-refractivity contribution in [2.75, 3.05) is 43.4 Å². The fraction of sp³-hybridized carbons (Fsp3) is 0.444. The van der Waals surface area contributed by atoms with Gasteiger partial charge in [-0.3, -0.25) is 14.7 Å². The van der Waals surface area contributed by atoms with Crippen LogP contribution in [0, 0.1) is 6.92 Å². The Morgan fingerprint density at radius 3 is 2.48 bits per heavy atom. The maximum atomic E-state index is 12.2. The SMILES string of the molecule is Cc1nc(N2CCN(Cc3ccc(N)cc3)CC2)[nH]c(=O)c1CCO. The molecule has 0 spiro atoms. The molecule has 1 aliphatic heterocycles. The van der Waals surface area contributed by atoms with E-state index in [1.54, 1.807) is 0 Å². The van der Waals surface area contributed by atoms with E-state index in [-0.39, 0.29) is 12.2 Å². The van der Waals surface area contributed by atoms with Crippen LogP contribution in [0.25, 0.3) is 0 Å². The molecule has 1 saturated heterocycles. The van der Waals surface area contributed by atoms with Gasteiger partial charge in [0.25, 0.3) is 5.56 Å². The average Bonchev–Trinajstić information content (AvgIpc) is 2.61. The van der Waals surface area contributed by atoms with E-state index in [4.69, 9.17) is 10.8 Å². The first kappa shape index (κ1) is 17.4. The summed E-state index contributed by atoms with van der Waals surface area (Å²) in [7, 11) is 0. The Labute approximate surface area is 147 Å². The van der Waals surface area contributed by atoms with Crippen LogP contribution in [0.2, 0.25) is 0 Å². The summed E-state index contributed by atoms with van der Waals surface area (Å²) in [5.41, 5.74) is 8.86. The van der Waals surface area contributed by atoms with E-state index in [1.165, 1.54) is 5.56 Å². The second-order valence-electron chi connectivity index (χ2n) is 6.43. The van der Waals surface area contributed by atoms with E-state index in [1.807, 2.05) is 19.1 Å². The number of nitrogen functional groups attached to an aromatic ring is 1. The van der Waals surface area contributed by atoms with Gasteiger partial charge in [-0.15, -0.1) is 0 Å². The minimum atomic E-state index is -0.152. The average molecular weight is 343 g/mol. The summed E-state index contributed by atoms with van der Waals surface area (Å²) >= 11 is 0. The number of benzene rings is 1. The second-order valence-corrected chi connectivity index (χ2v) is 6.43. The smallest absolute Gasteiger partial charge is 0.255 e. The number of anilines is 2. The van der Waals surface area contributed by atoms with Gasteiger partial charge < -0.3 is 15.7 Å². The third-order valence-electron chi connectivity index (χ3n) is 4.63. The number of rotatable bonds is 5. The maximum absolute atomic E-state index is 12.2. The Bertz CT molecular complexity index is 764. The maximum Gasteiger partial charge on any atom is 0.255 e. The Morgan fingerprint density at radius 1 is 1.20 bits per heavy atom. The Kier molecular flexibility index (Phi) is 5.35. The molecule has 1 aromatic carbocycles. The first-order valence-electron chi connectivity index (χ1n) is 8.59. The second kappa shape index (κ2) is 7.67. The molecule has 7 nitrogen and oxygen atoms in total. The van der Waals surface area contributed by atoms with E-state index in [9.17, 15) is 4.79 Å². The standard InChI is InChI=1S/C18H25N5O2/c1-13-16(6-11-24)17(25)21-18(20-13)23-9-7-22(8-10-23)12-14-2-4-15(19)5-3-14/h2-5,24H,6-12,19H2,1H3,(H,20,21,25). The Hall–Kier alpha value is -2.38. The van der Waals surface area contributed by atoms with Crippen LogP contribution in [-0.2, 0) is 13.0 Å². The van der Waals surface area contributed by atoms with E-state index < -0.39 is 0 Å². The molecule has 0 aliphatic carbocycles. The summed E-state index contributed by atoms with van der Waals surface area (Å²) in [6, 6.07) is 7.97. The number of hydrogen-bond donors (Lipinski definition) is 3. The molecule has 3 rings (SSSR count). The van der Waals surface area contributed by atoms with Crippen molar-refractivity contribution in [1.29, 1.82) is 0 Å². The van der Waals surface area contributed by atoms with Crippen molar-refractivity contribution in [3.8, 4) is 0 Å². The lowest BCUT2D eigenvalue weighted by Crippen LogP contribution is -2.47. The predicted molar refractivity (Wildman–Crippen MR) is 98.7 cm³/mol. The van der Waals surface area contributed by atoms with Gasteiger partial charge in [0.2, 0.25) is 5.95 Å². The van der Waals surface area contributed by atoms with Crippen LogP contribution in [0.5, 0.6) is 0 Å². The number of nitrogens with two attached hydrogens (primary N) is 1. The molecule has 1 aromatic heterocycles. The summed E-state index contributed by atoms with van der Waals surface area (Å²) in [6.45, 7) is 6.12. The zero-order valence-corrected chi connectivity index (χ0v) is 14.5. The van der Waals surface area contributed by atoms with Crippen LogP contribution in [0.4, 0.5) is 11.6 Å². The molecule has 7 heteroatoms. The highest BCUT2D eigenvalue weighted by molar-refractivity contribution is 5.39. The molecule has 0 unspecified atom stereocenters. The Balaban J connectivity index is 1.62. The molecule has 2 aromatic rings. The third kappa shape index (κ3) is 4.18. The number of aromatic amines is 1. The minimum Gasteiger partial charge on any atom is -0.399 e. The molecule has 0 saturated carbocycles. The zero-order valence-electron chi connectivity index (χ0n) is 14.5. The van der Waals surface area contributed by atoms with Gasteiger partial charge in [0.1, 0.15) is 0 Å². The molecule has 0 amide bonds. The van der Waals surface area contributed by atoms with Crippen LogP contribution in [0.1, 0.15) is 16.8 Å². The topological polar surface area (TPSA) is 98.5 Å². The number of aliphatic hydroxyl groups is 1. The lowest BCUT2D eigenvalue weighted by molar-refractivity contribution is 0.248. The number of nitrogens with one attached hydrogen (secondary N) is 1. The van der Waals surface area contributed by atoms with E-state index >= 15 is 0 Å². The van der Waals surface area contributed by atoms with Gasteiger partial charge >= 0.3 is 0 Å². The highest BCUT2D eigenvalue weighted by Crippen LogP contribution is 2.14. The van der Waals surface area contributed by atoms with E-state index in [2.05, 4.69) is 31.9 Å². The van der Waals surface area contributed by atoms with E-state index in [0.717, 1.165) is 38.4 Å². The van der Waals surface area contributed by atoms with Crippen LogP contribution in [0.15, 0.2) is 29.1 Å². The fourth-order valence-corrected chi connectivity index (χ4v) is 3.15. The van der Waals surface area contributed by atoms with Gasteiger partial charge in [0.15, 0.2) is 0 Å². The molecular formula is C18H25N5O2. The van der Waals surface area contributed by atoms with E-state index in [0.29, 0.717) is 23.6 Å². The van der Waals surface area contributed by atoms with Gasteiger partial charge in [-0.05, 0) is 24.6 Å². The Morgan fingerprint density at radius 2 is 1.88 bits per heavy atom. The highest BCUT2D eigenvalue weighted by atomic mass is 16.3. The van der Waals surface area contributed by atoms with Crippen LogP contribution < -0.4 is 16.2 Å². The number of piperazine rings is 1. The van der Waals surface area contributed by atoms with Crippen molar-refractivity contribution < 1.29 is 5.11 Å². The molecule has 2 heterocycles. The number of aromatic nitrogens is 2. The van der Waals surface area contributed by atoms with Crippen molar-refractivity contribution in [2.24, 2.45) is 0 Å². The van der Waals surface area contributed by atoms with Gasteiger partial charge in [-0.1, -0.05) is 12.1 Å².